The predicted molar refractivity (Wildman–Crippen MR) is 91.2 cm³/mol. The lowest BCUT2D eigenvalue weighted by Gasteiger charge is -2.16. The Kier molecular flexibility index (Phi) is 7.78. The molecule has 1 aromatic carbocycles. The molecule has 1 amide bonds. The van der Waals surface area contributed by atoms with Gasteiger partial charge in [-0.25, -0.2) is 4.39 Å². The Morgan fingerprint density at radius 2 is 2.00 bits per heavy atom. The minimum Gasteiger partial charge on any atom is -0.461 e. The molecule has 0 fully saturated rings. The molecule has 0 spiro atoms. The molecule has 0 atom stereocenters. The Morgan fingerprint density at radius 1 is 1.26 bits per heavy atom. The van der Waals surface area contributed by atoms with Gasteiger partial charge in [0.1, 0.15) is 17.3 Å². The summed E-state index contributed by atoms with van der Waals surface area (Å²) in [7, 11) is 3.64. The first-order chi connectivity index (χ1) is 10.6. The second-order valence-electron chi connectivity index (χ2n) is 5.16. The van der Waals surface area contributed by atoms with E-state index in [4.69, 9.17) is 4.42 Å². The van der Waals surface area contributed by atoms with Crippen LogP contribution in [0.15, 0.2) is 40.8 Å². The number of furan rings is 1. The highest BCUT2D eigenvalue weighted by molar-refractivity contribution is 5.85. The molecule has 6 heteroatoms. The molecule has 0 saturated heterocycles. The van der Waals surface area contributed by atoms with E-state index in [1.54, 1.807) is 42.3 Å². The molecule has 0 aliphatic rings. The van der Waals surface area contributed by atoms with Crippen molar-refractivity contribution in [1.29, 1.82) is 0 Å². The number of nitrogens with zero attached hydrogens (tertiary/aromatic N) is 1. The number of carbonyl (C=O) groups is 1. The highest BCUT2D eigenvalue weighted by Crippen LogP contribution is 2.25. The van der Waals surface area contributed by atoms with E-state index in [2.05, 4.69) is 5.32 Å². The van der Waals surface area contributed by atoms with Gasteiger partial charge in [0.05, 0.1) is 5.56 Å². The largest absolute Gasteiger partial charge is 0.461 e. The number of carbonyl (C=O) groups excluding carboxylic acids is 1. The first kappa shape index (κ1) is 19.2. The van der Waals surface area contributed by atoms with E-state index < -0.39 is 0 Å². The van der Waals surface area contributed by atoms with E-state index >= 15 is 0 Å². The van der Waals surface area contributed by atoms with Crippen molar-refractivity contribution in [2.75, 3.05) is 27.2 Å². The van der Waals surface area contributed by atoms with Gasteiger partial charge in [-0.2, -0.15) is 0 Å². The first-order valence-corrected chi connectivity index (χ1v) is 7.34. The highest BCUT2D eigenvalue weighted by Gasteiger charge is 2.12. The van der Waals surface area contributed by atoms with Gasteiger partial charge < -0.3 is 14.6 Å². The Hall–Kier alpha value is -1.85. The summed E-state index contributed by atoms with van der Waals surface area (Å²) in [6.07, 6.45) is 0.890. The van der Waals surface area contributed by atoms with E-state index in [0.29, 0.717) is 36.5 Å². The third-order valence-electron chi connectivity index (χ3n) is 3.51. The monoisotopic (exact) mass is 340 g/mol. The van der Waals surface area contributed by atoms with E-state index in [1.807, 2.05) is 7.05 Å². The van der Waals surface area contributed by atoms with Crippen LogP contribution in [0, 0.1) is 5.82 Å². The van der Waals surface area contributed by atoms with Gasteiger partial charge in [0.25, 0.3) is 0 Å². The van der Waals surface area contributed by atoms with Gasteiger partial charge in [-0.15, -0.1) is 12.4 Å². The van der Waals surface area contributed by atoms with Gasteiger partial charge in [0, 0.05) is 33.0 Å². The van der Waals surface area contributed by atoms with Crippen molar-refractivity contribution in [3.8, 4) is 11.3 Å². The van der Waals surface area contributed by atoms with Crippen molar-refractivity contribution in [3.63, 3.8) is 0 Å². The quantitative estimate of drug-likeness (QED) is 0.842. The normalized spacial score (nSPS) is 10.2. The molecule has 2 aromatic rings. The zero-order valence-corrected chi connectivity index (χ0v) is 14.2. The van der Waals surface area contributed by atoms with Crippen LogP contribution in [0.25, 0.3) is 11.3 Å². The number of hydrogen-bond acceptors (Lipinski definition) is 3. The van der Waals surface area contributed by atoms with Crippen LogP contribution in [0.4, 0.5) is 4.39 Å². The molecule has 0 saturated carbocycles. The SMILES string of the molecule is CNCCN(C)C(=O)CCc1ccc(-c2ccccc2F)o1.Cl. The summed E-state index contributed by atoms with van der Waals surface area (Å²) in [6, 6.07) is 10.0. The minimum atomic E-state index is -0.314. The average molecular weight is 341 g/mol. The molecule has 1 aromatic heterocycles. The van der Waals surface area contributed by atoms with E-state index in [1.165, 1.54) is 6.07 Å². The van der Waals surface area contributed by atoms with Crippen LogP contribution in [-0.4, -0.2) is 38.0 Å². The van der Waals surface area contributed by atoms with Crippen molar-refractivity contribution in [2.24, 2.45) is 0 Å². The lowest BCUT2D eigenvalue weighted by molar-refractivity contribution is -0.129. The fourth-order valence-corrected chi connectivity index (χ4v) is 2.14. The molecular weight excluding hydrogens is 319 g/mol. The van der Waals surface area contributed by atoms with Crippen LogP contribution in [0.5, 0.6) is 0 Å². The smallest absolute Gasteiger partial charge is 0.222 e. The summed E-state index contributed by atoms with van der Waals surface area (Å²) in [5.41, 5.74) is 0.436. The van der Waals surface area contributed by atoms with Crippen LogP contribution in [0.2, 0.25) is 0 Å². The summed E-state index contributed by atoms with van der Waals surface area (Å²) in [5, 5.41) is 3.01. The molecule has 0 aliphatic heterocycles. The van der Waals surface area contributed by atoms with Gasteiger partial charge >= 0.3 is 0 Å². The highest BCUT2D eigenvalue weighted by atomic mass is 35.5. The standard InChI is InChI=1S/C17H21FN2O2.ClH/c1-19-11-12-20(2)17(21)10-8-13-7-9-16(22-13)14-5-3-4-6-15(14)18;/h3-7,9,19H,8,10-12H2,1-2H3;1H. The van der Waals surface area contributed by atoms with Gasteiger partial charge in [-0.1, -0.05) is 12.1 Å². The van der Waals surface area contributed by atoms with Crippen molar-refractivity contribution >= 4 is 18.3 Å². The number of nitrogens with one attached hydrogen (secondary N) is 1. The fourth-order valence-electron chi connectivity index (χ4n) is 2.14. The maximum absolute atomic E-state index is 13.7. The molecule has 23 heavy (non-hydrogen) atoms. The lowest BCUT2D eigenvalue weighted by Crippen LogP contribution is -2.32. The minimum absolute atomic E-state index is 0. The maximum Gasteiger partial charge on any atom is 0.222 e. The molecular formula is C17H22ClFN2O2. The van der Waals surface area contributed by atoms with Crippen molar-refractivity contribution < 1.29 is 13.6 Å². The number of rotatable bonds is 7. The van der Waals surface area contributed by atoms with Crippen LogP contribution in [0.3, 0.4) is 0 Å². The predicted octanol–water partition coefficient (Wildman–Crippen LogP) is 3.12. The van der Waals surface area contributed by atoms with Gasteiger partial charge in [0.15, 0.2) is 0 Å². The summed E-state index contributed by atoms with van der Waals surface area (Å²) in [4.78, 5) is 13.6. The third kappa shape index (κ3) is 5.37. The van der Waals surface area contributed by atoms with Gasteiger partial charge in [-0.05, 0) is 31.3 Å². The second kappa shape index (κ2) is 9.33. The molecule has 1 heterocycles. The topological polar surface area (TPSA) is 45.5 Å². The second-order valence-corrected chi connectivity index (χ2v) is 5.16. The summed E-state index contributed by atoms with van der Waals surface area (Å²) < 4.78 is 19.3. The number of benzene rings is 1. The van der Waals surface area contributed by atoms with Crippen molar-refractivity contribution in [3.05, 3.63) is 48.0 Å². The molecule has 1 N–H and O–H groups in total. The Balaban J connectivity index is 0.00000264. The summed E-state index contributed by atoms with van der Waals surface area (Å²) in [5.74, 6) is 0.933. The number of amides is 1. The Labute approximate surface area is 142 Å². The van der Waals surface area contributed by atoms with E-state index in [0.717, 1.165) is 6.54 Å². The number of hydrogen-bond donors (Lipinski definition) is 1. The Bertz CT molecular complexity index is 631. The fraction of sp³-hybridized carbons (Fsp3) is 0.353. The van der Waals surface area contributed by atoms with Crippen molar-refractivity contribution in [1.82, 2.24) is 10.2 Å². The van der Waals surface area contributed by atoms with Gasteiger partial charge in [0.2, 0.25) is 5.91 Å². The number of aryl methyl sites for hydroxylation is 1. The Morgan fingerprint density at radius 3 is 2.70 bits per heavy atom. The maximum atomic E-state index is 13.7. The molecule has 2 rings (SSSR count). The van der Waals surface area contributed by atoms with Crippen LogP contribution in [0.1, 0.15) is 12.2 Å². The first-order valence-electron chi connectivity index (χ1n) is 7.34. The molecule has 0 aliphatic carbocycles. The molecule has 0 bridgehead atoms. The molecule has 0 unspecified atom stereocenters. The summed E-state index contributed by atoms with van der Waals surface area (Å²) >= 11 is 0. The van der Waals surface area contributed by atoms with E-state index in [-0.39, 0.29) is 24.1 Å². The zero-order valence-electron chi connectivity index (χ0n) is 13.3. The van der Waals surface area contributed by atoms with E-state index in [9.17, 15) is 9.18 Å². The average Bonchev–Trinajstić information content (AvgIpc) is 2.99. The zero-order chi connectivity index (χ0) is 15.9. The van der Waals surface area contributed by atoms with Crippen molar-refractivity contribution in [2.45, 2.75) is 12.8 Å². The van der Waals surface area contributed by atoms with Crippen LogP contribution < -0.4 is 5.32 Å². The number of likely N-dealkylation sites (N-methyl/N-ethyl adjacent to an activating group) is 2. The lowest BCUT2D eigenvalue weighted by atomic mass is 10.1. The molecule has 0 radical (unpaired) electrons. The van der Waals surface area contributed by atoms with Gasteiger partial charge in [-0.3, -0.25) is 4.79 Å². The van der Waals surface area contributed by atoms with Crippen LogP contribution >= 0.6 is 12.4 Å². The summed E-state index contributed by atoms with van der Waals surface area (Å²) in [6.45, 7) is 1.44. The number of halogens is 2. The van der Waals surface area contributed by atoms with Crippen LogP contribution in [-0.2, 0) is 11.2 Å². The third-order valence-corrected chi connectivity index (χ3v) is 3.51. The molecule has 126 valence electrons. The molecule has 4 nitrogen and oxygen atoms in total.